The lowest BCUT2D eigenvalue weighted by atomic mass is 9.55. The van der Waals surface area contributed by atoms with Crippen molar-refractivity contribution in [1.82, 2.24) is 4.98 Å². The maximum absolute atomic E-state index is 7.02. The molecule has 5 aliphatic rings. The number of fused-ring (bicyclic) bond motifs is 1. The fraction of sp³-hybridized carbons (Fsp3) is 0.750. The number of nitrogens with zero attached hydrogens (tertiary/aromatic N) is 1. The van der Waals surface area contributed by atoms with Crippen molar-refractivity contribution < 1.29 is 4.74 Å². The first-order chi connectivity index (χ1) is 10.6. The molecule has 6 unspecified atom stereocenters. The van der Waals surface area contributed by atoms with Gasteiger partial charge < -0.3 is 4.74 Å². The second kappa shape index (κ2) is 4.35. The van der Waals surface area contributed by atoms with Crippen molar-refractivity contribution in [1.29, 1.82) is 0 Å². The average Bonchev–Trinajstić information content (AvgIpc) is 2.75. The first-order valence-electron chi connectivity index (χ1n) is 9.26. The molecule has 2 saturated heterocycles. The molecule has 6 atom stereocenters. The van der Waals surface area contributed by atoms with Crippen LogP contribution in [-0.2, 0) is 4.74 Å². The van der Waals surface area contributed by atoms with Gasteiger partial charge in [0.1, 0.15) is 0 Å². The predicted molar refractivity (Wildman–Crippen MR) is 86.7 cm³/mol. The van der Waals surface area contributed by atoms with Gasteiger partial charge in [0, 0.05) is 17.3 Å². The highest BCUT2D eigenvalue weighted by molar-refractivity contribution is 5.27. The molecular weight excluding hydrogens is 270 g/mol. The lowest BCUT2D eigenvalue weighted by molar-refractivity contribution is -0.283. The molecule has 3 heterocycles. The molecule has 2 heteroatoms. The van der Waals surface area contributed by atoms with Gasteiger partial charge in [0.05, 0.1) is 11.2 Å². The third kappa shape index (κ3) is 1.57. The van der Waals surface area contributed by atoms with Crippen LogP contribution in [-0.4, -0.2) is 16.2 Å². The Balaban J connectivity index is 1.59. The molecule has 3 aliphatic carbocycles. The zero-order chi connectivity index (χ0) is 14.9. The van der Waals surface area contributed by atoms with Gasteiger partial charge in [0.2, 0.25) is 0 Å². The van der Waals surface area contributed by atoms with E-state index in [9.17, 15) is 0 Å². The fourth-order valence-corrected chi connectivity index (χ4v) is 6.79. The van der Waals surface area contributed by atoms with E-state index in [0.717, 1.165) is 23.4 Å². The Morgan fingerprint density at radius 3 is 2.91 bits per heavy atom. The van der Waals surface area contributed by atoms with E-state index in [-0.39, 0.29) is 11.2 Å². The van der Waals surface area contributed by atoms with Crippen LogP contribution < -0.4 is 0 Å². The molecule has 3 saturated carbocycles. The number of aromatic nitrogens is 1. The van der Waals surface area contributed by atoms with Crippen LogP contribution in [0.5, 0.6) is 0 Å². The summed E-state index contributed by atoms with van der Waals surface area (Å²) in [5.74, 6) is 3.00. The van der Waals surface area contributed by atoms with Crippen molar-refractivity contribution in [2.75, 3.05) is 0 Å². The van der Waals surface area contributed by atoms with E-state index in [0.29, 0.717) is 5.92 Å². The van der Waals surface area contributed by atoms with Crippen molar-refractivity contribution in [3.05, 3.63) is 29.6 Å². The number of pyridine rings is 1. The first kappa shape index (κ1) is 13.5. The van der Waals surface area contributed by atoms with Gasteiger partial charge in [-0.15, -0.1) is 0 Å². The van der Waals surface area contributed by atoms with E-state index in [2.05, 4.69) is 32.0 Å². The largest absolute Gasteiger partial charge is 0.368 e. The Hall–Kier alpha value is -0.890. The highest BCUT2D eigenvalue weighted by Crippen LogP contribution is 2.69. The molecule has 0 N–H and O–H groups in total. The average molecular weight is 297 g/mol. The SMILES string of the molecule is Cc1cccc(C2CC3C4CCCCC45CCC3C2(C)O5)n1. The number of ether oxygens (including phenoxy) is 1. The van der Waals surface area contributed by atoms with Crippen LogP contribution in [0.25, 0.3) is 0 Å². The van der Waals surface area contributed by atoms with Gasteiger partial charge in [-0.2, -0.15) is 0 Å². The van der Waals surface area contributed by atoms with Gasteiger partial charge >= 0.3 is 0 Å². The lowest BCUT2D eigenvalue weighted by Crippen LogP contribution is -2.63. The van der Waals surface area contributed by atoms with E-state index in [1.807, 2.05) is 0 Å². The summed E-state index contributed by atoms with van der Waals surface area (Å²) in [6.45, 7) is 4.52. The Kier molecular flexibility index (Phi) is 2.67. The van der Waals surface area contributed by atoms with E-state index in [1.54, 1.807) is 0 Å². The first-order valence-corrected chi connectivity index (χ1v) is 9.26. The molecule has 1 aromatic rings. The molecule has 5 fully saturated rings. The maximum Gasteiger partial charge on any atom is 0.0776 e. The summed E-state index contributed by atoms with van der Waals surface area (Å²) in [6, 6.07) is 6.52. The highest BCUT2D eigenvalue weighted by Gasteiger charge is 2.68. The zero-order valence-corrected chi connectivity index (χ0v) is 13.8. The van der Waals surface area contributed by atoms with Crippen LogP contribution in [0, 0.1) is 24.7 Å². The summed E-state index contributed by atoms with van der Waals surface area (Å²) in [5, 5.41) is 0. The Labute approximate surface area is 133 Å². The fourth-order valence-electron chi connectivity index (χ4n) is 6.79. The number of hydrogen-bond acceptors (Lipinski definition) is 2. The van der Waals surface area contributed by atoms with Gasteiger partial charge in [-0.3, -0.25) is 4.98 Å². The molecule has 2 nitrogen and oxygen atoms in total. The molecule has 0 aromatic carbocycles. The minimum Gasteiger partial charge on any atom is -0.368 e. The van der Waals surface area contributed by atoms with E-state index in [4.69, 9.17) is 9.72 Å². The Bertz CT molecular complexity index is 609. The van der Waals surface area contributed by atoms with Crippen molar-refractivity contribution in [2.45, 2.75) is 75.9 Å². The van der Waals surface area contributed by atoms with Gasteiger partial charge in [-0.1, -0.05) is 18.9 Å². The molecule has 4 bridgehead atoms. The summed E-state index contributed by atoms with van der Waals surface area (Å²) in [6.07, 6.45) is 9.53. The van der Waals surface area contributed by atoms with Crippen molar-refractivity contribution in [2.24, 2.45) is 17.8 Å². The highest BCUT2D eigenvalue weighted by atomic mass is 16.5. The normalized spacial score (nSPS) is 49.2. The van der Waals surface area contributed by atoms with Crippen LogP contribution in [0.3, 0.4) is 0 Å². The van der Waals surface area contributed by atoms with Crippen LogP contribution in [0.15, 0.2) is 18.2 Å². The Morgan fingerprint density at radius 2 is 2.05 bits per heavy atom. The van der Waals surface area contributed by atoms with E-state index in [1.165, 1.54) is 50.6 Å². The van der Waals surface area contributed by atoms with Crippen LogP contribution in [0.2, 0.25) is 0 Å². The third-order valence-corrected chi connectivity index (χ3v) is 7.58. The molecule has 22 heavy (non-hydrogen) atoms. The summed E-state index contributed by atoms with van der Waals surface area (Å²) in [5.41, 5.74) is 2.69. The third-order valence-electron chi connectivity index (χ3n) is 7.58. The smallest absolute Gasteiger partial charge is 0.0776 e. The molecule has 118 valence electrons. The molecule has 6 rings (SSSR count). The quantitative estimate of drug-likeness (QED) is 0.754. The zero-order valence-electron chi connectivity index (χ0n) is 13.8. The van der Waals surface area contributed by atoms with E-state index >= 15 is 0 Å². The van der Waals surface area contributed by atoms with Gasteiger partial charge in [-0.05, 0) is 75.8 Å². The topological polar surface area (TPSA) is 22.1 Å². The van der Waals surface area contributed by atoms with Crippen LogP contribution in [0.1, 0.15) is 69.2 Å². The van der Waals surface area contributed by atoms with Crippen molar-refractivity contribution in [3.8, 4) is 0 Å². The lowest BCUT2D eigenvalue weighted by Gasteiger charge is -2.62. The second-order valence-electron chi connectivity index (χ2n) is 8.50. The van der Waals surface area contributed by atoms with E-state index < -0.39 is 0 Å². The molecule has 1 spiro atoms. The molecular formula is C20H27NO. The van der Waals surface area contributed by atoms with Gasteiger partial charge in [-0.25, -0.2) is 0 Å². The molecule has 0 amide bonds. The number of rotatable bonds is 1. The molecule has 1 aromatic heterocycles. The monoisotopic (exact) mass is 297 g/mol. The minimum atomic E-state index is 0.0392. The molecule has 0 radical (unpaired) electrons. The number of aryl methyl sites for hydroxylation is 1. The van der Waals surface area contributed by atoms with Crippen LogP contribution in [0.4, 0.5) is 0 Å². The van der Waals surface area contributed by atoms with Crippen molar-refractivity contribution in [3.63, 3.8) is 0 Å². The Morgan fingerprint density at radius 1 is 1.14 bits per heavy atom. The summed E-state index contributed by atoms with van der Waals surface area (Å²) in [7, 11) is 0. The van der Waals surface area contributed by atoms with Gasteiger partial charge in [0.15, 0.2) is 0 Å². The summed E-state index contributed by atoms with van der Waals surface area (Å²) >= 11 is 0. The predicted octanol–water partition coefficient (Wildman–Crippen LogP) is 4.62. The summed E-state index contributed by atoms with van der Waals surface area (Å²) in [4.78, 5) is 4.88. The van der Waals surface area contributed by atoms with Crippen LogP contribution >= 0.6 is 0 Å². The van der Waals surface area contributed by atoms with Gasteiger partial charge in [0.25, 0.3) is 0 Å². The van der Waals surface area contributed by atoms with Crippen molar-refractivity contribution >= 4 is 0 Å². The summed E-state index contributed by atoms with van der Waals surface area (Å²) < 4.78 is 7.02. The standard InChI is InChI=1S/C20H27NO/c1-13-6-5-8-18(21-13)17-12-14-15-9-11-20(22-19(15,17)2)10-4-3-7-16(14)20/h5-6,8,14-17H,3-4,7,9-12H2,1-2H3. The second-order valence-corrected chi connectivity index (χ2v) is 8.50. The molecule has 2 aliphatic heterocycles. The maximum atomic E-state index is 7.02. The number of hydrogen-bond donors (Lipinski definition) is 0. The minimum absolute atomic E-state index is 0.0392.